The van der Waals surface area contributed by atoms with Crippen molar-refractivity contribution in [1.29, 1.82) is 0 Å². The Bertz CT molecular complexity index is 1230. The third-order valence-electron chi connectivity index (χ3n) is 9.82. The first-order valence-electron chi connectivity index (χ1n) is 15.0. The van der Waals surface area contributed by atoms with E-state index in [-0.39, 0.29) is 42.5 Å². The van der Waals surface area contributed by atoms with Crippen molar-refractivity contribution in [1.82, 2.24) is 14.5 Å². The van der Waals surface area contributed by atoms with Gasteiger partial charge in [0.25, 0.3) is 5.56 Å². The number of hydrogen-bond acceptors (Lipinski definition) is 6. The highest BCUT2D eigenvalue weighted by molar-refractivity contribution is 5.97. The molecule has 4 aliphatic rings. The van der Waals surface area contributed by atoms with Crippen LogP contribution in [0.15, 0.2) is 29.1 Å². The lowest BCUT2D eigenvalue weighted by atomic mass is 9.76. The van der Waals surface area contributed by atoms with Gasteiger partial charge in [0.15, 0.2) is 11.5 Å². The summed E-state index contributed by atoms with van der Waals surface area (Å²) in [5.74, 6) is 0.989. The second kappa shape index (κ2) is 10.9. The van der Waals surface area contributed by atoms with E-state index < -0.39 is 5.97 Å². The maximum absolute atomic E-state index is 13.8. The zero-order valence-corrected chi connectivity index (χ0v) is 22.6. The van der Waals surface area contributed by atoms with Gasteiger partial charge in [0.1, 0.15) is 0 Å². The minimum absolute atomic E-state index is 0.0352. The summed E-state index contributed by atoms with van der Waals surface area (Å²) in [6.07, 6.45) is 14.0. The smallest absolute Gasteiger partial charge is 0.306 e. The van der Waals surface area contributed by atoms with Crippen molar-refractivity contribution in [3.05, 3.63) is 40.3 Å². The molecule has 7 heteroatoms. The molecule has 2 unspecified atom stereocenters. The Balaban J connectivity index is 1.26. The lowest BCUT2D eigenvalue weighted by Crippen LogP contribution is -2.52. The highest BCUT2D eigenvalue weighted by Crippen LogP contribution is 2.47. The van der Waals surface area contributed by atoms with Gasteiger partial charge in [0, 0.05) is 30.6 Å². The molecule has 4 bridgehead atoms. The summed E-state index contributed by atoms with van der Waals surface area (Å²) in [6, 6.07) is 9.43. The number of Topliss-reactive ketones (excluding diaryl/α,β-unsaturated/α-hetero) is 1. The molecule has 0 radical (unpaired) electrons. The number of para-hydroxylation sites is 2. The molecule has 2 aliphatic heterocycles. The summed E-state index contributed by atoms with van der Waals surface area (Å²) < 4.78 is 6.85. The third kappa shape index (κ3) is 4.94. The molecule has 2 saturated carbocycles. The number of ether oxygens (including phenoxy) is 1. The van der Waals surface area contributed by atoms with Crippen molar-refractivity contribution in [3.63, 3.8) is 0 Å². The SMILES string of the molecule is CCOC(=O)CCC(=O)c1nc2ccccc2n([C@H]2C[C@H]3CC[C@@H](C2)N3C2CC3CCCCC(C3)C2)c1=O. The first-order valence-corrected chi connectivity index (χ1v) is 15.0. The van der Waals surface area contributed by atoms with E-state index >= 15 is 0 Å². The Labute approximate surface area is 224 Å². The van der Waals surface area contributed by atoms with Gasteiger partial charge in [-0.05, 0) is 75.8 Å². The third-order valence-corrected chi connectivity index (χ3v) is 9.82. The Hall–Kier alpha value is -2.54. The van der Waals surface area contributed by atoms with Crippen LogP contribution in [-0.4, -0.2) is 50.9 Å². The maximum Gasteiger partial charge on any atom is 0.306 e. The summed E-state index contributed by atoms with van der Waals surface area (Å²) >= 11 is 0. The molecule has 1 aromatic carbocycles. The number of fused-ring (bicyclic) bond motifs is 5. The maximum atomic E-state index is 13.8. The van der Waals surface area contributed by atoms with Crippen molar-refractivity contribution in [3.8, 4) is 0 Å². The number of rotatable bonds is 7. The molecule has 6 rings (SSSR count). The van der Waals surface area contributed by atoms with Crippen molar-refractivity contribution in [2.75, 3.05) is 6.61 Å². The van der Waals surface area contributed by atoms with Crippen LogP contribution in [0.2, 0.25) is 0 Å². The average molecular weight is 520 g/mol. The van der Waals surface area contributed by atoms with Crippen LogP contribution in [0, 0.1) is 11.8 Å². The number of nitrogens with zero attached hydrogens (tertiary/aromatic N) is 3. The molecule has 3 heterocycles. The van der Waals surface area contributed by atoms with Crippen molar-refractivity contribution < 1.29 is 14.3 Å². The lowest BCUT2D eigenvalue weighted by molar-refractivity contribution is -0.143. The average Bonchev–Trinajstić information content (AvgIpc) is 3.06. The van der Waals surface area contributed by atoms with E-state index in [9.17, 15) is 14.4 Å². The molecule has 7 nitrogen and oxygen atoms in total. The number of benzene rings is 1. The molecule has 5 atom stereocenters. The Morgan fingerprint density at radius 3 is 2.24 bits per heavy atom. The molecule has 4 fully saturated rings. The topological polar surface area (TPSA) is 81.5 Å². The Morgan fingerprint density at radius 1 is 0.868 bits per heavy atom. The van der Waals surface area contributed by atoms with Gasteiger partial charge in [0.2, 0.25) is 0 Å². The molecule has 1 aromatic heterocycles. The summed E-state index contributed by atoms with van der Waals surface area (Å²) in [6.45, 7) is 2.01. The van der Waals surface area contributed by atoms with E-state index in [4.69, 9.17) is 4.74 Å². The Kier molecular flexibility index (Phi) is 7.39. The number of carbonyl (C=O) groups excluding carboxylic acids is 2. The molecule has 38 heavy (non-hydrogen) atoms. The van der Waals surface area contributed by atoms with Gasteiger partial charge in [-0.2, -0.15) is 0 Å². The molecular weight excluding hydrogens is 478 g/mol. The quantitative estimate of drug-likeness (QED) is 0.357. The van der Waals surface area contributed by atoms with Gasteiger partial charge < -0.3 is 9.30 Å². The van der Waals surface area contributed by atoms with Gasteiger partial charge in [0.05, 0.1) is 24.1 Å². The highest BCUT2D eigenvalue weighted by atomic mass is 16.5. The van der Waals surface area contributed by atoms with Gasteiger partial charge in [-0.25, -0.2) is 4.98 Å². The zero-order valence-electron chi connectivity index (χ0n) is 22.6. The van der Waals surface area contributed by atoms with E-state index in [0.717, 1.165) is 30.2 Å². The largest absolute Gasteiger partial charge is 0.466 e. The number of aromatic nitrogens is 2. The standard InChI is InChI=1S/C31H41N3O4/c1-2-38-29(36)14-13-28(35)30-31(37)34(27-10-6-5-9-26(27)32-30)25-18-22-11-12-23(19-25)33(22)24-16-20-7-3-4-8-21(15-20)17-24/h5-6,9-10,20-25H,2-4,7-8,11-19H2,1H3/t20?,21?,22-,23+,24?,25+. The monoisotopic (exact) mass is 519 g/mol. The molecule has 0 spiro atoms. The molecule has 2 saturated heterocycles. The van der Waals surface area contributed by atoms with E-state index in [0.29, 0.717) is 23.6 Å². The van der Waals surface area contributed by atoms with Gasteiger partial charge in [-0.15, -0.1) is 0 Å². The molecule has 0 N–H and O–H groups in total. The van der Waals surface area contributed by atoms with Gasteiger partial charge in [-0.3, -0.25) is 19.3 Å². The predicted octanol–water partition coefficient (Wildman–Crippen LogP) is 5.45. The number of hydrogen-bond donors (Lipinski definition) is 0. The number of piperidine rings is 1. The second-order valence-corrected chi connectivity index (χ2v) is 12.2. The number of ketones is 1. The van der Waals surface area contributed by atoms with E-state index in [1.54, 1.807) is 6.92 Å². The van der Waals surface area contributed by atoms with Crippen LogP contribution in [0.1, 0.15) is 107 Å². The van der Waals surface area contributed by atoms with Crippen LogP contribution < -0.4 is 5.56 Å². The summed E-state index contributed by atoms with van der Waals surface area (Å²) in [4.78, 5) is 46.1. The first-order chi connectivity index (χ1) is 18.5. The molecule has 204 valence electrons. The number of esters is 1. The van der Waals surface area contributed by atoms with Crippen molar-refractivity contribution in [2.24, 2.45) is 11.8 Å². The fourth-order valence-electron chi connectivity index (χ4n) is 8.37. The molecular formula is C31H41N3O4. The molecule has 2 aromatic rings. The predicted molar refractivity (Wildman–Crippen MR) is 146 cm³/mol. The van der Waals surface area contributed by atoms with Crippen LogP contribution in [0.4, 0.5) is 0 Å². The summed E-state index contributed by atoms with van der Waals surface area (Å²) in [5, 5.41) is 0. The van der Waals surface area contributed by atoms with Crippen LogP contribution in [0.5, 0.6) is 0 Å². The van der Waals surface area contributed by atoms with E-state index in [1.165, 1.54) is 57.8 Å². The van der Waals surface area contributed by atoms with Crippen LogP contribution in [0.25, 0.3) is 11.0 Å². The van der Waals surface area contributed by atoms with Crippen LogP contribution in [0.3, 0.4) is 0 Å². The zero-order chi connectivity index (χ0) is 26.2. The normalized spacial score (nSPS) is 31.2. The molecule has 2 aliphatic carbocycles. The minimum atomic E-state index is -0.423. The number of carbonyl (C=O) groups is 2. The molecule has 0 amide bonds. The van der Waals surface area contributed by atoms with Crippen LogP contribution in [-0.2, 0) is 9.53 Å². The lowest BCUT2D eigenvalue weighted by Gasteiger charge is -2.48. The van der Waals surface area contributed by atoms with Crippen LogP contribution >= 0.6 is 0 Å². The van der Waals surface area contributed by atoms with E-state index in [2.05, 4.69) is 9.88 Å². The summed E-state index contributed by atoms with van der Waals surface area (Å²) in [7, 11) is 0. The first kappa shape index (κ1) is 25.7. The summed E-state index contributed by atoms with van der Waals surface area (Å²) in [5.41, 5.74) is 1.12. The fourth-order valence-corrected chi connectivity index (χ4v) is 8.37. The second-order valence-electron chi connectivity index (χ2n) is 12.2. The van der Waals surface area contributed by atoms with Crippen molar-refractivity contribution in [2.45, 2.75) is 115 Å². The highest BCUT2D eigenvalue weighted by Gasteiger charge is 2.47. The van der Waals surface area contributed by atoms with Gasteiger partial charge >= 0.3 is 5.97 Å². The minimum Gasteiger partial charge on any atom is -0.466 e. The van der Waals surface area contributed by atoms with E-state index in [1.807, 2.05) is 28.8 Å². The fraction of sp³-hybridized carbons (Fsp3) is 0.677. The van der Waals surface area contributed by atoms with Gasteiger partial charge in [-0.1, -0.05) is 37.8 Å². The van der Waals surface area contributed by atoms with Crippen molar-refractivity contribution >= 4 is 22.8 Å². The Morgan fingerprint density at radius 2 is 1.55 bits per heavy atom.